The lowest BCUT2D eigenvalue weighted by molar-refractivity contribution is -0.143. The van der Waals surface area contributed by atoms with Crippen molar-refractivity contribution >= 4 is 27.6 Å². The van der Waals surface area contributed by atoms with Crippen molar-refractivity contribution in [2.24, 2.45) is 5.92 Å². The number of para-hydroxylation sites is 2. The van der Waals surface area contributed by atoms with Crippen LogP contribution >= 0.6 is 0 Å². The molecule has 39 heavy (non-hydrogen) atoms. The van der Waals surface area contributed by atoms with Gasteiger partial charge in [-0.1, -0.05) is 84.9 Å². The van der Waals surface area contributed by atoms with Gasteiger partial charge < -0.3 is 4.18 Å². The maximum absolute atomic E-state index is 13.8. The minimum absolute atomic E-state index is 0.00132. The van der Waals surface area contributed by atoms with Gasteiger partial charge in [-0.2, -0.15) is 8.42 Å². The summed E-state index contributed by atoms with van der Waals surface area (Å²) < 4.78 is 31.9. The number of hydrogen-bond donors (Lipinski definition) is 0. The number of hydroxylamine groups is 1. The third-order valence-electron chi connectivity index (χ3n) is 6.87. The molecule has 9 heteroatoms. The Kier molecular flexibility index (Phi) is 6.38. The number of rotatable bonds is 7. The molecule has 0 saturated carbocycles. The minimum atomic E-state index is -4.17. The highest BCUT2D eigenvalue weighted by atomic mass is 32.2. The molecule has 0 bridgehead atoms. The highest BCUT2D eigenvalue weighted by Gasteiger charge is 2.60. The number of hydrogen-bond acceptors (Lipinski definition) is 7. The Hall–Kier alpha value is -4.47. The van der Waals surface area contributed by atoms with E-state index < -0.39 is 40.0 Å². The van der Waals surface area contributed by atoms with Gasteiger partial charge in [0, 0.05) is 5.56 Å². The predicted octanol–water partition coefficient (Wildman–Crippen LogP) is 4.50. The van der Waals surface area contributed by atoms with E-state index in [4.69, 9.17) is 9.02 Å². The van der Waals surface area contributed by atoms with Gasteiger partial charge in [-0.15, -0.1) is 0 Å². The molecule has 196 valence electrons. The van der Waals surface area contributed by atoms with Gasteiger partial charge in [0.05, 0.1) is 18.3 Å². The second-order valence-corrected chi connectivity index (χ2v) is 10.8. The van der Waals surface area contributed by atoms with Crippen LogP contribution in [0, 0.1) is 5.92 Å². The van der Waals surface area contributed by atoms with Crippen molar-refractivity contribution in [1.82, 2.24) is 4.90 Å². The summed E-state index contributed by atoms with van der Waals surface area (Å²) >= 11 is 0. The summed E-state index contributed by atoms with van der Waals surface area (Å²) in [6, 6.07) is 32.0. The summed E-state index contributed by atoms with van der Waals surface area (Å²) in [5, 5.41) is 1.52. The summed E-state index contributed by atoms with van der Waals surface area (Å²) in [6.07, 6.45) is -1.06. The molecule has 3 atom stereocenters. The fourth-order valence-corrected chi connectivity index (χ4v) is 6.04. The Morgan fingerprint density at radius 2 is 1.31 bits per heavy atom. The van der Waals surface area contributed by atoms with E-state index >= 15 is 0 Å². The van der Waals surface area contributed by atoms with E-state index in [-0.39, 0.29) is 17.2 Å². The van der Waals surface area contributed by atoms with Gasteiger partial charge in [0.15, 0.2) is 6.10 Å². The molecule has 2 aliphatic heterocycles. The molecule has 0 aromatic heterocycles. The number of anilines is 1. The molecule has 0 aliphatic carbocycles. The number of carbonyl (C=O) groups is 2. The molecule has 4 aromatic rings. The second kappa shape index (κ2) is 10.0. The van der Waals surface area contributed by atoms with Gasteiger partial charge in [0.2, 0.25) is 5.91 Å². The lowest BCUT2D eigenvalue weighted by Crippen LogP contribution is -2.37. The van der Waals surface area contributed by atoms with Crippen molar-refractivity contribution in [2.45, 2.75) is 23.6 Å². The van der Waals surface area contributed by atoms with Crippen molar-refractivity contribution in [3.8, 4) is 5.75 Å². The number of likely N-dealkylation sites (tertiary alicyclic amines) is 1. The zero-order chi connectivity index (χ0) is 27.0. The Labute approximate surface area is 226 Å². The first-order chi connectivity index (χ1) is 18.9. The zero-order valence-electron chi connectivity index (χ0n) is 20.7. The SMILES string of the molecule is O=C1[C@H]2[C@@H](ON(c3ccccc3)[C@H]2c2ccccc2OS(=O)(=O)c2ccccc2)C(=O)N1Cc1ccccc1. The van der Waals surface area contributed by atoms with E-state index in [9.17, 15) is 18.0 Å². The predicted molar refractivity (Wildman–Crippen MR) is 143 cm³/mol. The number of imide groups is 1. The van der Waals surface area contributed by atoms with Gasteiger partial charge in [0.25, 0.3) is 5.91 Å². The molecule has 8 nitrogen and oxygen atoms in total. The lowest BCUT2D eigenvalue weighted by atomic mass is 9.90. The average Bonchev–Trinajstić information content (AvgIpc) is 3.46. The van der Waals surface area contributed by atoms with Gasteiger partial charge in [0.1, 0.15) is 16.6 Å². The van der Waals surface area contributed by atoms with Crippen molar-refractivity contribution in [3.63, 3.8) is 0 Å². The molecule has 6 rings (SSSR count). The molecule has 4 aromatic carbocycles. The van der Waals surface area contributed by atoms with E-state index in [0.29, 0.717) is 11.3 Å². The molecule has 2 amide bonds. The van der Waals surface area contributed by atoms with Gasteiger partial charge in [-0.05, 0) is 35.9 Å². The first-order valence-corrected chi connectivity index (χ1v) is 13.8. The first kappa shape index (κ1) is 24.8. The Morgan fingerprint density at radius 1 is 0.718 bits per heavy atom. The average molecular weight is 541 g/mol. The van der Waals surface area contributed by atoms with Crippen LogP contribution in [0.15, 0.2) is 120 Å². The molecule has 2 heterocycles. The van der Waals surface area contributed by atoms with Gasteiger partial charge >= 0.3 is 10.1 Å². The second-order valence-electron chi connectivity index (χ2n) is 9.29. The molecule has 0 unspecified atom stereocenters. The topological polar surface area (TPSA) is 93.2 Å². The molecule has 0 spiro atoms. The maximum Gasteiger partial charge on any atom is 0.339 e. The molecular weight excluding hydrogens is 516 g/mol. The quantitative estimate of drug-likeness (QED) is 0.252. The van der Waals surface area contributed by atoms with Crippen molar-refractivity contribution in [2.75, 3.05) is 5.06 Å². The number of benzene rings is 4. The summed E-state index contributed by atoms with van der Waals surface area (Å²) in [6.45, 7) is 0.119. The van der Waals surface area contributed by atoms with Crippen LogP contribution in [0.3, 0.4) is 0 Å². The van der Waals surface area contributed by atoms with Crippen molar-refractivity contribution in [3.05, 3.63) is 126 Å². The third kappa shape index (κ3) is 4.56. The van der Waals surface area contributed by atoms with Crippen LogP contribution in [0.1, 0.15) is 17.2 Å². The highest BCUT2D eigenvalue weighted by Crippen LogP contribution is 2.49. The summed E-state index contributed by atoms with van der Waals surface area (Å²) in [4.78, 5) is 34.7. The molecule has 2 saturated heterocycles. The maximum atomic E-state index is 13.8. The van der Waals surface area contributed by atoms with E-state index in [1.807, 2.05) is 48.5 Å². The van der Waals surface area contributed by atoms with E-state index in [1.54, 1.807) is 48.5 Å². The van der Waals surface area contributed by atoms with Gasteiger partial charge in [-0.25, -0.2) is 5.06 Å². The third-order valence-corrected chi connectivity index (χ3v) is 8.12. The van der Waals surface area contributed by atoms with E-state index in [0.717, 1.165) is 5.56 Å². The standard InChI is InChI=1S/C30H24N2O6S/c33-29-26-27(24-18-10-11-19-25(24)38-39(35,36)23-16-8-3-9-17-23)32(22-14-6-2-7-15-22)37-28(26)30(34)31(29)20-21-12-4-1-5-13-21/h1-19,26-28H,20H2/t26-,27+,28-/m1/s1. The van der Waals surface area contributed by atoms with Crippen molar-refractivity contribution in [1.29, 1.82) is 0 Å². The smallest absolute Gasteiger partial charge is 0.339 e. The largest absolute Gasteiger partial charge is 0.379 e. The summed E-state index contributed by atoms with van der Waals surface area (Å²) in [5.74, 6) is -1.69. The number of nitrogens with zero attached hydrogens (tertiary/aromatic N) is 2. The Bertz CT molecular complexity index is 1610. The zero-order valence-corrected chi connectivity index (χ0v) is 21.5. The molecule has 0 radical (unpaired) electrons. The van der Waals surface area contributed by atoms with E-state index in [2.05, 4.69) is 0 Å². The Morgan fingerprint density at radius 3 is 2.00 bits per heavy atom. The van der Waals surface area contributed by atoms with Crippen LogP contribution in [0.4, 0.5) is 5.69 Å². The molecule has 0 N–H and O–H groups in total. The summed E-state index contributed by atoms with van der Waals surface area (Å²) in [5.41, 5.74) is 1.84. The fraction of sp³-hybridized carbons (Fsp3) is 0.133. The van der Waals surface area contributed by atoms with Crippen LogP contribution in [-0.4, -0.2) is 31.2 Å². The first-order valence-electron chi connectivity index (χ1n) is 12.4. The molecule has 2 fully saturated rings. The number of amides is 2. The summed E-state index contributed by atoms with van der Waals surface area (Å²) in [7, 11) is -4.17. The number of carbonyl (C=O) groups excluding carboxylic acids is 2. The lowest BCUT2D eigenvalue weighted by Gasteiger charge is -2.29. The normalized spacial score (nSPS) is 20.8. The molecule has 2 aliphatic rings. The number of fused-ring (bicyclic) bond motifs is 1. The van der Waals surface area contributed by atoms with Crippen LogP contribution in [0.2, 0.25) is 0 Å². The van der Waals surface area contributed by atoms with E-state index in [1.165, 1.54) is 28.2 Å². The van der Waals surface area contributed by atoms with Crippen LogP contribution in [0.5, 0.6) is 5.75 Å². The minimum Gasteiger partial charge on any atom is -0.379 e. The Balaban J connectivity index is 1.41. The van der Waals surface area contributed by atoms with Crippen LogP contribution < -0.4 is 9.25 Å². The van der Waals surface area contributed by atoms with Crippen LogP contribution in [0.25, 0.3) is 0 Å². The fourth-order valence-electron chi connectivity index (χ4n) is 5.06. The monoisotopic (exact) mass is 540 g/mol. The van der Waals surface area contributed by atoms with Crippen molar-refractivity contribution < 1.29 is 27.0 Å². The highest BCUT2D eigenvalue weighted by molar-refractivity contribution is 7.87. The van der Waals surface area contributed by atoms with Gasteiger partial charge in [-0.3, -0.25) is 19.3 Å². The molecular formula is C30H24N2O6S. The van der Waals surface area contributed by atoms with Crippen LogP contribution in [-0.2, 0) is 31.1 Å².